The quantitative estimate of drug-likeness (QED) is 0.714. The lowest BCUT2D eigenvalue weighted by molar-refractivity contribution is 0.0373. The summed E-state index contributed by atoms with van der Waals surface area (Å²) in [5.41, 5.74) is 0. The van der Waals surface area contributed by atoms with Crippen LogP contribution in [0.2, 0.25) is 0 Å². The van der Waals surface area contributed by atoms with E-state index in [1.165, 1.54) is 0 Å². The van der Waals surface area contributed by atoms with Gasteiger partial charge >= 0.3 is 6.09 Å². The number of carbonyl (C=O) groups excluding carboxylic acids is 1. The van der Waals surface area contributed by atoms with Crippen LogP contribution in [0.15, 0.2) is 0 Å². The lowest BCUT2D eigenvalue weighted by Crippen LogP contribution is -2.38. The molecule has 1 aliphatic rings. The van der Waals surface area contributed by atoms with Gasteiger partial charge in [-0.1, -0.05) is 6.92 Å². The zero-order valence-electron chi connectivity index (χ0n) is 10.9. The van der Waals surface area contributed by atoms with Crippen molar-refractivity contribution in [1.82, 2.24) is 10.2 Å². The molecule has 0 radical (unpaired) electrons. The first kappa shape index (κ1) is 14.3. The van der Waals surface area contributed by atoms with E-state index >= 15 is 0 Å². The van der Waals surface area contributed by atoms with Gasteiger partial charge in [0.05, 0.1) is 13.2 Å². The normalized spacial score (nSPS) is 18.7. The molecule has 0 saturated carbocycles. The molecule has 1 unspecified atom stereocenters. The Bertz CT molecular complexity index is 218. The van der Waals surface area contributed by atoms with Gasteiger partial charge in [0.1, 0.15) is 6.10 Å². The van der Waals surface area contributed by atoms with E-state index in [-0.39, 0.29) is 12.2 Å². The molecule has 0 aromatic carbocycles. The molecule has 0 spiro atoms. The van der Waals surface area contributed by atoms with Crippen molar-refractivity contribution in [3.63, 3.8) is 0 Å². The predicted octanol–water partition coefficient (Wildman–Crippen LogP) is 1.23. The van der Waals surface area contributed by atoms with E-state index in [1.807, 2.05) is 13.8 Å². The second-order valence-corrected chi connectivity index (χ2v) is 4.36. The molecule has 1 saturated heterocycles. The summed E-state index contributed by atoms with van der Waals surface area (Å²) in [6, 6.07) is 0. The van der Waals surface area contributed by atoms with Crippen molar-refractivity contribution in [2.45, 2.75) is 32.8 Å². The smallest absolute Gasteiger partial charge is 0.407 e. The predicted molar refractivity (Wildman–Crippen MR) is 66.1 cm³/mol. The van der Waals surface area contributed by atoms with Gasteiger partial charge in [-0.2, -0.15) is 0 Å². The van der Waals surface area contributed by atoms with Crippen LogP contribution in [0.4, 0.5) is 4.79 Å². The summed E-state index contributed by atoms with van der Waals surface area (Å²) >= 11 is 0. The summed E-state index contributed by atoms with van der Waals surface area (Å²) in [6.45, 7) is 9.21. The highest BCUT2D eigenvalue weighted by Gasteiger charge is 2.10. The number of carbonyl (C=O) groups is 1. The topological polar surface area (TPSA) is 50.8 Å². The second-order valence-electron chi connectivity index (χ2n) is 4.36. The number of ether oxygens (including phenoxy) is 2. The summed E-state index contributed by atoms with van der Waals surface area (Å²) in [4.78, 5) is 13.6. The van der Waals surface area contributed by atoms with Crippen LogP contribution in [0.25, 0.3) is 0 Å². The molecule has 5 heteroatoms. The summed E-state index contributed by atoms with van der Waals surface area (Å²) in [6.07, 6.45) is 1.49. The molecule has 1 atom stereocenters. The van der Waals surface area contributed by atoms with Crippen LogP contribution in [0, 0.1) is 0 Å². The molecular formula is C12H24N2O3. The third-order valence-corrected chi connectivity index (χ3v) is 2.91. The highest BCUT2D eigenvalue weighted by molar-refractivity contribution is 5.67. The summed E-state index contributed by atoms with van der Waals surface area (Å²) in [5, 5.41) is 2.77. The molecule has 0 aromatic rings. The van der Waals surface area contributed by atoms with Crippen LogP contribution in [0.1, 0.15) is 26.7 Å². The maximum Gasteiger partial charge on any atom is 0.407 e. The van der Waals surface area contributed by atoms with Crippen LogP contribution in [0.3, 0.4) is 0 Å². The van der Waals surface area contributed by atoms with Gasteiger partial charge < -0.3 is 14.8 Å². The largest absolute Gasteiger partial charge is 0.447 e. The van der Waals surface area contributed by atoms with Crippen LogP contribution < -0.4 is 5.32 Å². The van der Waals surface area contributed by atoms with Crippen LogP contribution >= 0.6 is 0 Å². The van der Waals surface area contributed by atoms with Crippen molar-refractivity contribution >= 4 is 6.09 Å². The lowest BCUT2D eigenvalue weighted by atomic mass is 10.3. The van der Waals surface area contributed by atoms with E-state index in [0.29, 0.717) is 6.54 Å². The minimum atomic E-state index is -0.304. The minimum Gasteiger partial charge on any atom is -0.447 e. The first-order valence-corrected chi connectivity index (χ1v) is 6.47. The Morgan fingerprint density at radius 3 is 2.82 bits per heavy atom. The highest BCUT2D eigenvalue weighted by Crippen LogP contribution is 1.98. The second kappa shape index (κ2) is 8.31. The zero-order chi connectivity index (χ0) is 12.5. The molecule has 1 N–H and O–H groups in total. The van der Waals surface area contributed by atoms with Gasteiger partial charge in [-0.15, -0.1) is 0 Å². The number of rotatable bonds is 6. The molecule has 5 nitrogen and oxygen atoms in total. The summed E-state index contributed by atoms with van der Waals surface area (Å²) in [7, 11) is 0. The molecule has 1 fully saturated rings. The molecule has 0 aliphatic carbocycles. The Balaban J connectivity index is 1.97. The fourth-order valence-electron chi connectivity index (χ4n) is 1.63. The molecule has 17 heavy (non-hydrogen) atoms. The zero-order valence-corrected chi connectivity index (χ0v) is 10.9. The van der Waals surface area contributed by atoms with E-state index in [9.17, 15) is 4.79 Å². The van der Waals surface area contributed by atoms with Gasteiger partial charge in [0.25, 0.3) is 0 Å². The van der Waals surface area contributed by atoms with E-state index in [2.05, 4.69) is 10.2 Å². The number of nitrogens with zero attached hydrogens (tertiary/aromatic N) is 1. The third kappa shape index (κ3) is 6.48. The first-order chi connectivity index (χ1) is 8.22. The van der Waals surface area contributed by atoms with Gasteiger partial charge in [0.2, 0.25) is 0 Å². The molecule has 1 rings (SSSR count). The summed E-state index contributed by atoms with van der Waals surface area (Å²) in [5.74, 6) is 0. The molecule has 0 aromatic heterocycles. The highest BCUT2D eigenvalue weighted by atomic mass is 16.6. The van der Waals surface area contributed by atoms with Crippen molar-refractivity contribution in [3.8, 4) is 0 Å². The van der Waals surface area contributed by atoms with Gasteiger partial charge in [-0.05, 0) is 26.3 Å². The number of hydrogen-bond acceptors (Lipinski definition) is 4. The molecule has 1 heterocycles. The Morgan fingerprint density at radius 1 is 1.47 bits per heavy atom. The number of nitrogens with one attached hydrogen (secondary N) is 1. The molecule has 100 valence electrons. The fraction of sp³-hybridized carbons (Fsp3) is 0.917. The van der Waals surface area contributed by atoms with Crippen molar-refractivity contribution < 1.29 is 14.3 Å². The van der Waals surface area contributed by atoms with Gasteiger partial charge in [0, 0.05) is 19.6 Å². The van der Waals surface area contributed by atoms with Gasteiger partial charge in [-0.3, -0.25) is 4.90 Å². The first-order valence-electron chi connectivity index (χ1n) is 6.47. The van der Waals surface area contributed by atoms with Crippen molar-refractivity contribution in [2.75, 3.05) is 39.4 Å². The minimum absolute atomic E-state index is 0.00533. The van der Waals surface area contributed by atoms with Gasteiger partial charge in [0.15, 0.2) is 0 Å². The van der Waals surface area contributed by atoms with Crippen LogP contribution in [-0.2, 0) is 9.47 Å². The van der Waals surface area contributed by atoms with E-state index < -0.39 is 0 Å². The van der Waals surface area contributed by atoms with E-state index in [1.54, 1.807) is 0 Å². The number of alkyl carbamates (subject to hydrolysis) is 1. The Kier molecular flexibility index (Phi) is 6.96. The van der Waals surface area contributed by atoms with E-state index in [4.69, 9.17) is 9.47 Å². The monoisotopic (exact) mass is 244 g/mol. The average Bonchev–Trinajstić information content (AvgIpc) is 2.36. The third-order valence-electron chi connectivity index (χ3n) is 2.91. The molecule has 0 bridgehead atoms. The lowest BCUT2D eigenvalue weighted by Gasteiger charge is -2.26. The summed E-state index contributed by atoms with van der Waals surface area (Å²) < 4.78 is 10.4. The maximum atomic E-state index is 11.3. The number of morpholine rings is 1. The van der Waals surface area contributed by atoms with Crippen LogP contribution in [-0.4, -0.2) is 56.5 Å². The fourth-order valence-corrected chi connectivity index (χ4v) is 1.63. The standard InChI is InChI=1S/C12H24N2O3/c1-3-11(2)17-12(15)13-5-4-6-14-7-9-16-10-8-14/h11H,3-10H2,1-2H3,(H,13,15). The van der Waals surface area contributed by atoms with Gasteiger partial charge in [-0.25, -0.2) is 4.79 Å². The molecule has 1 aliphatic heterocycles. The number of amides is 1. The van der Waals surface area contributed by atoms with Crippen molar-refractivity contribution in [2.24, 2.45) is 0 Å². The van der Waals surface area contributed by atoms with Crippen molar-refractivity contribution in [1.29, 1.82) is 0 Å². The van der Waals surface area contributed by atoms with Crippen molar-refractivity contribution in [3.05, 3.63) is 0 Å². The van der Waals surface area contributed by atoms with Crippen LogP contribution in [0.5, 0.6) is 0 Å². The Hall–Kier alpha value is -0.810. The SMILES string of the molecule is CCC(C)OC(=O)NCCCN1CCOCC1. The molecular weight excluding hydrogens is 220 g/mol. The molecule has 1 amide bonds. The average molecular weight is 244 g/mol. The Morgan fingerprint density at radius 2 is 2.18 bits per heavy atom. The maximum absolute atomic E-state index is 11.3. The number of hydrogen-bond donors (Lipinski definition) is 1. The van der Waals surface area contributed by atoms with E-state index in [0.717, 1.165) is 45.7 Å². The Labute approximate surface area is 103 Å².